The van der Waals surface area contributed by atoms with Crippen molar-refractivity contribution in [2.24, 2.45) is 0 Å². The zero-order chi connectivity index (χ0) is 13.3. The lowest BCUT2D eigenvalue weighted by atomic mass is 9.89. The predicted molar refractivity (Wildman–Crippen MR) is 68.3 cm³/mol. The fraction of sp³-hybridized carbons (Fsp3) is 0.615. The zero-order valence-corrected chi connectivity index (χ0v) is 11.1. The maximum absolute atomic E-state index is 10.2. The Kier molecular flexibility index (Phi) is 3.22. The Balaban J connectivity index is 2.23. The van der Waals surface area contributed by atoms with E-state index in [1.807, 2.05) is 18.7 Å². The van der Waals surface area contributed by atoms with Crippen LogP contribution < -0.4 is 4.90 Å². The molecule has 2 heterocycles. The molecule has 1 aromatic heterocycles. The molecule has 18 heavy (non-hydrogen) atoms. The molecule has 0 spiro atoms. The van der Waals surface area contributed by atoms with Crippen LogP contribution in [0.25, 0.3) is 0 Å². The van der Waals surface area contributed by atoms with Gasteiger partial charge in [-0.15, -0.1) is 5.10 Å². The third-order valence-electron chi connectivity index (χ3n) is 3.53. The van der Waals surface area contributed by atoms with Gasteiger partial charge < -0.3 is 10.0 Å². The number of rotatable bonds is 3. The van der Waals surface area contributed by atoms with Crippen molar-refractivity contribution in [3.05, 3.63) is 16.8 Å². The average molecular weight is 246 g/mol. The van der Waals surface area contributed by atoms with Gasteiger partial charge in [0.15, 0.2) is 5.82 Å². The molecular formula is C13H18N4O. The molecule has 1 N–H and O–H groups in total. The Bertz CT molecular complexity index is 500. The second-order valence-electron chi connectivity index (χ2n) is 5.05. The molecule has 1 aliphatic heterocycles. The normalized spacial score (nSPS) is 17.2. The molecule has 0 bridgehead atoms. The van der Waals surface area contributed by atoms with Gasteiger partial charge in [-0.3, -0.25) is 0 Å². The van der Waals surface area contributed by atoms with E-state index in [-0.39, 0.29) is 0 Å². The highest BCUT2D eigenvalue weighted by atomic mass is 16.3. The van der Waals surface area contributed by atoms with E-state index in [1.165, 1.54) is 0 Å². The highest BCUT2D eigenvalue weighted by Gasteiger charge is 2.42. The van der Waals surface area contributed by atoms with E-state index in [1.54, 1.807) is 0 Å². The number of hydrogen-bond acceptors (Lipinski definition) is 5. The van der Waals surface area contributed by atoms with Crippen molar-refractivity contribution < 1.29 is 5.11 Å². The van der Waals surface area contributed by atoms with Crippen LogP contribution in [-0.2, 0) is 0 Å². The van der Waals surface area contributed by atoms with Crippen LogP contribution in [0.4, 0.5) is 5.82 Å². The van der Waals surface area contributed by atoms with Gasteiger partial charge >= 0.3 is 0 Å². The first kappa shape index (κ1) is 12.8. The molecule has 1 fully saturated rings. The first-order chi connectivity index (χ1) is 8.50. The molecular weight excluding hydrogens is 228 g/mol. The summed E-state index contributed by atoms with van der Waals surface area (Å²) in [5.41, 5.74) is 1.59. The summed E-state index contributed by atoms with van der Waals surface area (Å²) in [6.45, 7) is 6.84. The molecule has 0 radical (unpaired) electrons. The van der Waals surface area contributed by atoms with Crippen molar-refractivity contribution in [3.63, 3.8) is 0 Å². The van der Waals surface area contributed by atoms with Crippen LogP contribution in [0.15, 0.2) is 0 Å². The standard InChI is InChI=1S/C13H18N4O/c1-4-5-13(18)7-17(8-13)12-11(6-14)9(2)10(3)15-16-12/h18H,4-5,7-8H2,1-3H3. The van der Waals surface area contributed by atoms with Crippen LogP contribution in [0.2, 0.25) is 0 Å². The lowest BCUT2D eigenvalue weighted by molar-refractivity contribution is 0.00282. The highest BCUT2D eigenvalue weighted by Crippen LogP contribution is 2.32. The van der Waals surface area contributed by atoms with Crippen molar-refractivity contribution in [2.75, 3.05) is 18.0 Å². The summed E-state index contributed by atoms with van der Waals surface area (Å²) in [7, 11) is 0. The van der Waals surface area contributed by atoms with E-state index < -0.39 is 5.60 Å². The molecule has 0 saturated carbocycles. The molecule has 0 atom stereocenters. The van der Waals surface area contributed by atoms with Crippen molar-refractivity contribution in [1.82, 2.24) is 10.2 Å². The minimum absolute atomic E-state index is 0.534. The smallest absolute Gasteiger partial charge is 0.169 e. The third kappa shape index (κ3) is 2.04. The second kappa shape index (κ2) is 4.54. The van der Waals surface area contributed by atoms with Crippen molar-refractivity contribution in [3.8, 4) is 6.07 Å². The molecule has 5 nitrogen and oxygen atoms in total. The molecule has 5 heteroatoms. The quantitative estimate of drug-likeness (QED) is 0.870. The first-order valence-corrected chi connectivity index (χ1v) is 6.22. The van der Waals surface area contributed by atoms with Gasteiger partial charge in [-0.25, -0.2) is 0 Å². The van der Waals surface area contributed by atoms with E-state index in [9.17, 15) is 10.4 Å². The first-order valence-electron chi connectivity index (χ1n) is 6.22. The average Bonchev–Trinajstić information content (AvgIpc) is 2.29. The maximum Gasteiger partial charge on any atom is 0.169 e. The molecule has 1 aromatic rings. The fourth-order valence-electron chi connectivity index (χ4n) is 2.39. The summed E-state index contributed by atoms with van der Waals surface area (Å²) in [5, 5.41) is 27.5. The maximum atomic E-state index is 10.2. The minimum Gasteiger partial charge on any atom is -0.386 e. The van der Waals surface area contributed by atoms with Crippen LogP contribution in [-0.4, -0.2) is 34.0 Å². The summed E-state index contributed by atoms with van der Waals surface area (Å²) in [5.74, 6) is 0.598. The molecule has 0 unspecified atom stereocenters. The van der Waals surface area contributed by atoms with Crippen LogP contribution in [0.1, 0.15) is 36.6 Å². The molecule has 96 valence electrons. The summed E-state index contributed by atoms with van der Waals surface area (Å²) in [6.07, 6.45) is 1.73. The number of anilines is 1. The van der Waals surface area contributed by atoms with Gasteiger partial charge in [-0.1, -0.05) is 13.3 Å². The van der Waals surface area contributed by atoms with Gasteiger partial charge in [0.1, 0.15) is 11.6 Å². The highest BCUT2D eigenvalue weighted by molar-refractivity contribution is 5.59. The number of nitrogens with zero attached hydrogens (tertiary/aromatic N) is 4. The summed E-state index contributed by atoms with van der Waals surface area (Å²) >= 11 is 0. The Morgan fingerprint density at radius 2 is 2.06 bits per heavy atom. The molecule has 1 saturated heterocycles. The number of hydrogen-bond donors (Lipinski definition) is 1. The number of aromatic nitrogens is 2. The Labute approximate surface area is 107 Å². The lowest BCUT2D eigenvalue weighted by Crippen LogP contribution is -2.62. The summed E-state index contributed by atoms with van der Waals surface area (Å²) < 4.78 is 0. The SMILES string of the molecule is CCCC1(O)CN(c2nnc(C)c(C)c2C#N)C1. The number of aliphatic hydroxyl groups is 1. The largest absolute Gasteiger partial charge is 0.386 e. The van der Waals surface area contributed by atoms with Gasteiger partial charge in [0.25, 0.3) is 0 Å². The number of aryl methyl sites for hydroxylation is 1. The monoisotopic (exact) mass is 246 g/mol. The van der Waals surface area contributed by atoms with Gasteiger partial charge in [0.05, 0.1) is 24.4 Å². The molecule has 2 rings (SSSR count). The van der Waals surface area contributed by atoms with Crippen LogP contribution >= 0.6 is 0 Å². The Morgan fingerprint density at radius 3 is 2.61 bits per heavy atom. The number of nitriles is 1. The molecule has 1 aliphatic rings. The minimum atomic E-state index is -0.623. The predicted octanol–water partition coefficient (Wildman–Crippen LogP) is 1.32. The second-order valence-corrected chi connectivity index (χ2v) is 5.05. The summed E-state index contributed by atoms with van der Waals surface area (Å²) in [6, 6.07) is 2.19. The molecule has 0 aliphatic carbocycles. The summed E-state index contributed by atoms with van der Waals surface area (Å²) in [4.78, 5) is 1.92. The molecule has 0 aromatic carbocycles. The Morgan fingerprint density at radius 1 is 1.39 bits per heavy atom. The zero-order valence-electron chi connectivity index (χ0n) is 11.1. The van der Waals surface area contributed by atoms with E-state index in [0.29, 0.717) is 24.5 Å². The van der Waals surface area contributed by atoms with Crippen molar-refractivity contribution >= 4 is 5.82 Å². The molecule has 0 amide bonds. The van der Waals surface area contributed by atoms with E-state index in [2.05, 4.69) is 23.2 Å². The van der Waals surface area contributed by atoms with Gasteiger partial charge in [0.2, 0.25) is 0 Å². The van der Waals surface area contributed by atoms with Gasteiger partial charge in [-0.05, 0) is 25.8 Å². The lowest BCUT2D eigenvalue weighted by Gasteiger charge is -2.47. The van der Waals surface area contributed by atoms with Gasteiger partial charge in [0, 0.05) is 0 Å². The van der Waals surface area contributed by atoms with Gasteiger partial charge in [-0.2, -0.15) is 10.4 Å². The van der Waals surface area contributed by atoms with E-state index in [0.717, 1.165) is 24.1 Å². The number of β-amino-alcohol motifs (C(OH)–C–C–N with tert-alkyl or cyclic N) is 1. The van der Waals surface area contributed by atoms with E-state index in [4.69, 9.17) is 0 Å². The van der Waals surface area contributed by atoms with Crippen molar-refractivity contribution in [2.45, 2.75) is 39.2 Å². The van der Waals surface area contributed by atoms with Crippen molar-refractivity contribution in [1.29, 1.82) is 5.26 Å². The Hall–Kier alpha value is -1.67. The van der Waals surface area contributed by atoms with Crippen LogP contribution in [0.5, 0.6) is 0 Å². The fourth-order valence-corrected chi connectivity index (χ4v) is 2.39. The topological polar surface area (TPSA) is 73.0 Å². The van der Waals surface area contributed by atoms with E-state index >= 15 is 0 Å². The van der Waals surface area contributed by atoms with Crippen LogP contribution in [0.3, 0.4) is 0 Å². The third-order valence-corrected chi connectivity index (χ3v) is 3.53. The van der Waals surface area contributed by atoms with Crippen LogP contribution in [0, 0.1) is 25.2 Å².